The molecule has 1 saturated heterocycles. The smallest absolute Gasteiger partial charge is 0.238 e. The Hall–Kier alpha value is -0.620. The Morgan fingerprint density at radius 2 is 2.05 bits per heavy atom. The fourth-order valence-corrected chi connectivity index (χ4v) is 4.06. The summed E-state index contributed by atoms with van der Waals surface area (Å²) in [6, 6.07) is 3.52. The van der Waals surface area contributed by atoms with Crippen LogP contribution in [0.15, 0.2) is 12.1 Å². The van der Waals surface area contributed by atoms with E-state index in [9.17, 15) is 4.79 Å². The van der Waals surface area contributed by atoms with Gasteiger partial charge in [0.1, 0.15) is 0 Å². The number of rotatable bonds is 3. The standard InChI is InChI=1S/C14H19Cl2N3OS/c1-8-9(2)21-4-3-19(8)7-13(20)18-14-11(15)5-10(17)6-12(14)16/h5-6,8-9H,3-4,7,17H2,1-2H3,(H,18,20). The summed E-state index contributed by atoms with van der Waals surface area (Å²) in [6.07, 6.45) is 0. The van der Waals surface area contributed by atoms with Gasteiger partial charge in [0.15, 0.2) is 0 Å². The van der Waals surface area contributed by atoms with E-state index in [1.165, 1.54) is 0 Å². The average Bonchev–Trinajstić information content (AvgIpc) is 2.39. The first-order valence-corrected chi connectivity index (χ1v) is 8.59. The van der Waals surface area contributed by atoms with Gasteiger partial charge in [-0.15, -0.1) is 0 Å². The molecule has 0 aromatic heterocycles. The summed E-state index contributed by atoms with van der Waals surface area (Å²) in [7, 11) is 0. The molecule has 1 aliphatic rings. The largest absolute Gasteiger partial charge is 0.399 e. The second-order valence-electron chi connectivity index (χ2n) is 5.19. The predicted molar refractivity (Wildman–Crippen MR) is 92.5 cm³/mol. The lowest BCUT2D eigenvalue weighted by Crippen LogP contribution is -2.47. The molecule has 0 spiro atoms. The molecular formula is C14H19Cl2N3OS. The van der Waals surface area contributed by atoms with Crippen LogP contribution in [-0.4, -0.2) is 40.9 Å². The molecule has 1 aliphatic heterocycles. The van der Waals surface area contributed by atoms with E-state index in [0.29, 0.717) is 39.3 Å². The fraction of sp³-hybridized carbons (Fsp3) is 0.500. The van der Waals surface area contributed by atoms with E-state index in [-0.39, 0.29) is 5.91 Å². The van der Waals surface area contributed by atoms with E-state index in [1.54, 1.807) is 12.1 Å². The molecule has 1 amide bonds. The third kappa shape index (κ3) is 4.19. The quantitative estimate of drug-likeness (QED) is 0.823. The van der Waals surface area contributed by atoms with Crippen LogP contribution < -0.4 is 11.1 Å². The van der Waals surface area contributed by atoms with Crippen molar-refractivity contribution in [1.82, 2.24) is 4.90 Å². The zero-order chi connectivity index (χ0) is 15.6. The van der Waals surface area contributed by atoms with E-state index < -0.39 is 0 Å². The number of nitrogen functional groups attached to an aromatic ring is 1. The second kappa shape index (κ2) is 7.09. The lowest BCUT2D eigenvalue weighted by molar-refractivity contribution is -0.117. The Morgan fingerprint density at radius 3 is 2.67 bits per heavy atom. The first kappa shape index (κ1) is 16.7. The molecule has 0 bridgehead atoms. The van der Waals surface area contributed by atoms with Gasteiger partial charge in [-0.1, -0.05) is 30.1 Å². The number of benzene rings is 1. The average molecular weight is 348 g/mol. The molecule has 7 heteroatoms. The lowest BCUT2D eigenvalue weighted by Gasteiger charge is -2.36. The Labute approximate surface area is 139 Å². The molecule has 0 saturated carbocycles. The van der Waals surface area contributed by atoms with Gasteiger partial charge in [-0.05, 0) is 19.1 Å². The van der Waals surface area contributed by atoms with Gasteiger partial charge in [-0.25, -0.2) is 0 Å². The molecular weight excluding hydrogens is 329 g/mol. The molecule has 0 radical (unpaired) electrons. The predicted octanol–water partition coefficient (Wildman–Crippen LogP) is 3.34. The number of nitrogens with two attached hydrogens (primary N) is 1. The minimum atomic E-state index is -0.116. The highest BCUT2D eigenvalue weighted by Gasteiger charge is 2.26. The summed E-state index contributed by atoms with van der Waals surface area (Å²) in [5.41, 5.74) is 6.54. The number of nitrogens with one attached hydrogen (secondary N) is 1. The van der Waals surface area contributed by atoms with E-state index in [0.717, 1.165) is 12.3 Å². The van der Waals surface area contributed by atoms with Gasteiger partial charge >= 0.3 is 0 Å². The van der Waals surface area contributed by atoms with E-state index in [4.69, 9.17) is 28.9 Å². The van der Waals surface area contributed by atoms with Crippen molar-refractivity contribution in [3.8, 4) is 0 Å². The van der Waals surface area contributed by atoms with Crippen LogP contribution in [0.2, 0.25) is 10.0 Å². The molecule has 1 heterocycles. The van der Waals surface area contributed by atoms with Crippen molar-refractivity contribution < 1.29 is 4.79 Å². The highest BCUT2D eigenvalue weighted by molar-refractivity contribution is 8.00. The van der Waals surface area contributed by atoms with Crippen molar-refractivity contribution >= 4 is 52.2 Å². The van der Waals surface area contributed by atoms with Gasteiger partial charge in [0.05, 0.1) is 22.3 Å². The Morgan fingerprint density at radius 1 is 1.43 bits per heavy atom. The topological polar surface area (TPSA) is 58.4 Å². The maximum Gasteiger partial charge on any atom is 0.238 e. The lowest BCUT2D eigenvalue weighted by atomic mass is 10.2. The monoisotopic (exact) mass is 347 g/mol. The molecule has 2 atom stereocenters. The van der Waals surface area contributed by atoms with Crippen LogP contribution in [0.5, 0.6) is 0 Å². The molecule has 21 heavy (non-hydrogen) atoms. The van der Waals surface area contributed by atoms with Crippen molar-refractivity contribution in [1.29, 1.82) is 0 Å². The Bertz CT molecular complexity index is 518. The van der Waals surface area contributed by atoms with E-state index >= 15 is 0 Å². The van der Waals surface area contributed by atoms with Gasteiger partial charge in [0, 0.05) is 29.3 Å². The number of amides is 1. The summed E-state index contributed by atoms with van der Waals surface area (Å²) in [6.45, 7) is 5.58. The van der Waals surface area contributed by atoms with E-state index in [2.05, 4.69) is 24.1 Å². The molecule has 1 aromatic rings. The summed E-state index contributed by atoms with van der Waals surface area (Å²) < 4.78 is 0. The first-order valence-electron chi connectivity index (χ1n) is 6.78. The number of hydrogen-bond donors (Lipinski definition) is 2. The van der Waals surface area contributed by atoms with Gasteiger partial charge in [-0.3, -0.25) is 9.69 Å². The van der Waals surface area contributed by atoms with Crippen LogP contribution in [0.1, 0.15) is 13.8 Å². The Kier molecular flexibility index (Phi) is 5.66. The number of carbonyl (C=O) groups excluding carboxylic acids is 1. The van der Waals surface area contributed by atoms with Gasteiger partial charge < -0.3 is 11.1 Å². The minimum absolute atomic E-state index is 0.116. The third-order valence-electron chi connectivity index (χ3n) is 3.69. The summed E-state index contributed by atoms with van der Waals surface area (Å²) >= 11 is 14.1. The maximum absolute atomic E-state index is 12.2. The van der Waals surface area contributed by atoms with Crippen molar-refractivity contribution in [3.05, 3.63) is 22.2 Å². The SMILES string of the molecule is CC1SCCN(CC(=O)Nc2c(Cl)cc(N)cc2Cl)C1C. The summed E-state index contributed by atoms with van der Waals surface area (Å²) in [4.78, 5) is 14.4. The molecule has 2 rings (SSSR count). The highest BCUT2D eigenvalue weighted by atomic mass is 35.5. The third-order valence-corrected chi connectivity index (χ3v) is 5.62. The highest BCUT2D eigenvalue weighted by Crippen LogP contribution is 2.33. The normalized spacial score (nSPS) is 23.0. The van der Waals surface area contributed by atoms with E-state index in [1.807, 2.05) is 11.8 Å². The van der Waals surface area contributed by atoms with Gasteiger partial charge in [0.25, 0.3) is 0 Å². The molecule has 0 aliphatic carbocycles. The van der Waals surface area contributed by atoms with Crippen molar-refractivity contribution in [2.24, 2.45) is 0 Å². The molecule has 3 N–H and O–H groups in total. The van der Waals surface area contributed by atoms with Crippen molar-refractivity contribution in [2.45, 2.75) is 25.1 Å². The van der Waals surface area contributed by atoms with Gasteiger partial charge in [-0.2, -0.15) is 11.8 Å². The van der Waals surface area contributed by atoms with Crippen molar-refractivity contribution in [3.63, 3.8) is 0 Å². The molecule has 1 fully saturated rings. The first-order chi connectivity index (χ1) is 9.88. The maximum atomic E-state index is 12.2. The fourth-order valence-electron chi connectivity index (χ4n) is 2.29. The van der Waals surface area contributed by atoms with Crippen LogP contribution in [-0.2, 0) is 4.79 Å². The van der Waals surface area contributed by atoms with Crippen molar-refractivity contribution in [2.75, 3.05) is 29.9 Å². The van der Waals surface area contributed by atoms with Crippen LogP contribution in [0.3, 0.4) is 0 Å². The molecule has 1 aromatic carbocycles. The summed E-state index contributed by atoms with van der Waals surface area (Å²) in [5.74, 6) is 0.928. The van der Waals surface area contributed by atoms with Crippen LogP contribution in [0, 0.1) is 0 Å². The molecule has 116 valence electrons. The zero-order valence-corrected chi connectivity index (χ0v) is 14.4. The number of carbonyl (C=O) groups is 1. The summed E-state index contributed by atoms with van der Waals surface area (Å²) in [5, 5.41) is 4.01. The Balaban J connectivity index is 2.02. The molecule has 4 nitrogen and oxygen atoms in total. The number of nitrogens with zero attached hydrogens (tertiary/aromatic N) is 1. The minimum Gasteiger partial charge on any atom is -0.399 e. The van der Waals surface area contributed by atoms with Crippen LogP contribution >= 0.6 is 35.0 Å². The number of halogens is 2. The van der Waals surface area contributed by atoms with Crippen LogP contribution in [0.25, 0.3) is 0 Å². The van der Waals surface area contributed by atoms with Crippen LogP contribution in [0.4, 0.5) is 11.4 Å². The molecule has 2 unspecified atom stereocenters. The second-order valence-corrected chi connectivity index (χ2v) is 7.49. The zero-order valence-electron chi connectivity index (χ0n) is 12.0. The number of anilines is 2. The van der Waals surface area contributed by atoms with Gasteiger partial charge in [0.2, 0.25) is 5.91 Å². The number of hydrogen-bond acceptors (Lipinski definition) is 4. The number of thioether (sulfide) groups is 1.